The highest BCUT2D eigenvalue weighted by atomic mass is 35.5. The summed E-state index contributed by atoms with van der Waals surface area (Å²) in [6.45, 7) is 2.36. The fraction of sp³-hybridized carbons (Fsp3) is 0.238. The number of aromatic nitrogens is 4. The van der Waals surface area contributed by atoms with E-state index in [2.05, 4.69) is 15.5 Å². The Morgan fingerprint density at radius 3 is 1.77 bits per heavy atom. The van der Waals surface area contributed by atoms with Gasteiger partial charge < -0.3 is 15.1 Å². The largest absolute Gasteiger partial charge is 0.381 e. The van der Waals surface area contributed by atoms with Crippen molar-refractivity contribution < 1.29 is 31.0 Å². The lowest BCUT2D eigenvalue weighted by Gasteiger charge is -2.25. The van der Waals surface area contributed by atoms with Crippen molar-refractivity contribution in [3.05, 3.63) is 144 Å². The van der Waals surface area contributed by atoms with Gasteiger partial charge in [0, 0.05) is 81.0 Å². The van der Waals surface area contributed by atoms with Crippen LogP contribution in [0.25, 0.3) is 0 Å². The van der Waals surface area contributed by atoms with E-state index in [9.17, 15) is 26.4 Å². The van der Waals surface area contributed by atoms with Crippen molar-refractivity contribution in [2.75, 3.05) is 32.5 Å². The number of halogens is 1. The van der Waals surface area contributed by atoms with Crippen LogP contribution in [0.15, 0.2) is 138 Å². The molecular weight excluding hydrogens is 828 g/mol. The highest BCUT2D eigenvalue weighted by molar-refractivity contribution is 7.92. The van der Waals surface area contributed by atoms with Crippen molar-refractivity contribution in [3.63, 3.8) is 0 Å². The van der Waals surface area contributed by atoms with E-state index in [1.165, 1.54) is 37.6 Å². The maximum Gasteiger partial charge on any atom is 0.313 e. The standard InChI is InChI=1S/C21H22N4O3S.C17H17ClN2O.C4H6N2O3S/c1-23-14-12-20(22-23)29(27,28)25(16-17-7-3-2-4-8-17)19-10-5-9-18(15-19)24-13-6-11-21(24)26;18-14-8-6-13(7-9-14)12-19-15-3-1-4-16(11-15)20-10-2-5-17(20)21;1-6-3-2-4(5-6)10(7,8)9/h2-5,7-10,12,14-15H,6,11,13,16H2,1H3;1,3-4,6-9,11,19H,2,5,10,12H2;2-3H,1H3,(H,7,8,9). The number of nitrogens with one attached hydrogen (secondary N) is 1. The van der Waals surface area contributed by atoms with Gasteiger partial charge in [0.25, 0.3) is 10.0 Å². The van der Waals surface area contributed by atoms with Crippen LogP contribution < -0.4 is 19.4 Å². The molecule has 60 heavy (non-hydrogen) atoms. The molecule has 0 saturated carbocycles. The van der Waals surface area contributed by atoms with Gasteiger partial charge in [-0.15, -0.1) is 0 Å². The Morgan fingerprint density at radius 1 is 0.683 bits per heavy atom. The van der Waals surface area contributed by atoms with E-state index in [-0.39, 0.29) is 28.4 Å². The molecule has 0 unspecified atom stereocenters. The van der Waals surface area contributed by atoms with Crippen LogP contribution in [0.1, 0.15) is 36.8 Å². The molecule has 8 rings (SSSR count). The monoisotopic (exact) mass is 872 g/mol. The smallest absolute Gasteiger partial charge is 0.313 e. The first-order chi connectivity index (χ1) is 28.7. The molecule has 0 atom stereocenters. The number of carbonyl (C=O) groups excluding carboxylic acids is 2. The normalized spacial score (nSPS) is 14.0. The second-order valence-electron chi connectivity index (χ2n) is 14.0. The van der Waals surface area contributed by atoms with Gasteiger partial charge in [-0.2, -0.15) is 27.0 Å². The van der Waals surface area contributed by atoms with Crippen LogP contribution >= 0.6 is 11.6 Å². The highest BCUT2D eigenvalue weighted by Gasteiger charge is 2.29. The molecule has 314 valence electrons. The van der Waals surface area contributed by atoms with Crippen molar-refractivity contribution in [1.29, 1.82) is 0 Å². The minimum absolute atomic E-state index is 0.0152. The molecule has 2 N–H and O–H groups in total. The molecule has 2 aromatic heterocycles. The first-order valence-corrected chi connectivity index (χ1v) is 22.3. The summed E-state index contributed by atoms with van der Waals surface area (Å²) in [6, 6.07) is 35.0. The number of sulfonamides is 1. The maximum atomic E-state index is 13.4. The van der Waals surface area contributed by atoms with E-state index < -0.39 is 20.1 Å². The fourth-order valence-electron chi connectivity index (χ4n) is 6.49. The first kappa shape index (κ1) is 43.6. The Hall–Kier alpha value is -6.01. The summed E-state index contributed by atoms with van der Waals surface area (Å²) in [4.78, 5) is 27.5. The van der Waals surface area contributed by atoms with E-state index in [4.69, 9.17) is 16.2 Å². The molecular formula is C42H45ClN8O7S2. The summed E-state index contributed by atoms with van der Waals surface area (Å²) < 4.78 is 60.0. The Labute approximate surface area is 354 Å². The number of nitrogens with zero attached hydrogens (tertiary/aromatic N) is 7. The Bertz CT molecular complexity index is 2640. The molecule has 2 aliphatic rings. The van der Waals surface area contributed by atoms with Crippen molar-refractivity contribution in [2.24, 2.45) is 14.1 Å². The van der Waals surface area contributed by atoms with Gasteiger partial charge in [-0.1, -0.05) is 66.2 Å². The molecule has 18 heteroatoms. The van der Waals surface area contributed by atoms with Crippen LogP contribution in [0, 0.1) is 0 Å². The SMILES string of the molecule is Cn1ccc(S(=O)(=O)N(Cc2ccccc2)c2cccc(N3CCCC3=O)c2)n1.Cn1ccc(S(=O)(=O)O)n1.O=C1CCCN1c1cccc(NCc2ccc(Cl)cc2)c1. The Morgan fingerprint density at radius 2 is 1.25 bits per heavy atom. The molecule has 2 fully saturated rings. The van der Waals surface area contributed by atoms with Crippen LogP contribution in [-0.2, 0) is 56.9 Å². The van der Waals surface area contributed by atoms with Crippen molar-refractivity contribution in [1.82, 2.24) is 19.6 Å². The second-order valence-corrected chi connectivity index (χ2v) is 17.6. The average molecular weight is 873 g/mol. The Kier molecular flexibility index (Phi) is 14.1. The quantitative estimate of drug-likeness (QED) is 0.133. The van der Waals surface area contributed by atoms with Gasteiger partial charge in [0.1, 0.15) is 0 Å². The minimum atomic E-state index is -4.11. The number of hydrogen-bond acceptors (Lipinski definition) is 9. The minimum Gasteiger partial charge on any atom is -0.381 e. The third-order valence-electron chi connectivity index (χ3n) is 9.51. The van der Waals surface area contributed by atoms with Gasteiger partial charge in [-0.05, 0) is 84.6 Å². The molecule has 4 aromatic carbocycles. The van der Waals surface area contributed by atoms with Gasteiger partial charge in [0.05, 0.1) is 12.2 Å². The van der Waals surface area contributed by atoms with Gasteiger partial charge in [0.15, 0.2) is 5.03 Å². The summed E-state index contributed by atoms with van der Waals surface area (Å²) in [5, 5.41) is 11.3. The number of benzene rings is 4. The first-order valence-electron chi connectivity index (χ1n) is 19.0. The van der Waals surface area contributed by atoms with Gasteiger partial charge >= 0.3 is 10.1 Å². The van der Waals surface area contributed by atoms with E-state index in [1.807, 2.05) is 89.8 Å². The molecule has 2 saturated heterocycles. The van der Waals surface area contributed by atoms with Crippen LogP contribution in [0.3, 0.4) is 0 Å². The second kappa shape index (κ2) is 19.4. The summed E-state index contributed by atoms with van der Waals surface area (Å²) >= 11 is 5.88. The lowest BCUT2D eigenvalue weighted by atomic mass is 10.2. The summed E-state index contributed by atoms with van der Waals surface area (Å²) in [5.41, 5.74) is 5.22. The van der Waals surface area contributed by atoms with E-state index in [1.54, 1.807) is 43.4 Å². The summed E-state index contributed by atoms with van der Waals surface area (Å²) in [7, 11) is -4.76. The van der Waals surface area contributed by atoms with Crippen molar-refractivity contribution in [2.45, 2.75) is 48.8 Å². The van der Waals surface area contributed by atoms with E-state index in [0.717, 1.165) is 47.9 Å². The van der Waals surface area contributed by atoms with Crippen molar-refractivity contribution >= 4 is 66.3 Å². The zero-order valence-corrected chi connectivity index (χ0v) is 35.4. The zero-order chi connectivity index (χ0) is 42.9. The molecule has 0 radical (unpaired) electrons. The number of amides is 2. The maximum absolute atomic E-state index is 13.4. The van der Waals surface area contributed by atoms with E-state index >= 15 is 0 Å². The molecule has 4 heterocycles. The van der Waals surface area contributed by atoms with Crippen LogP contribution in [0.4, 0.5) is 22.7 Å². The summed E-state index contributed by atoms with van der Waals surface area (Å²) in [5.74, 6) is 0.272. The number of carbonyl (C=O) groups is 2. The summed E-state index contributed by atoms with van der Waals surface area (Å²) in [6.07, 6.45) is 5.97. The van der Waals surface area contributed by atoms with Crippen molar-refractivity contribution in [3.8, 4) is 0 Å². The molecule has 0 bridgehead atoms. The lowest BCUT2D eigenvalue weighted by molar-refractivity contribution is -0.117. The lowest BCUT2D eigenvalue weighted by Crippen LogP contribution is -2.31. The molecule has 2 amide bonds. The third kappa shape index (κ3) is 11.4. The topological polar surface area (TPSA) is 180 Å². The van der Waals surface area contributed by atoms with E-state index in [0.29, 0.717) is 30.8 Å². The van der Waals surface area contributed by atoms with Crippen LogP contribution in [0.2, 0.25) is 5.02 Å². The van der Waals surface area contributed by atoms with Gasteiger partial charge in [0.2, 0.25) is 16.8 Å². The molecule has 0 aliphatic carbocycles. The average Bonchev–Trinajstić information content (AvgIpc) is 4.07. The number of anilines is 4. The number of rotatable bonds is 11. The van der Waals surface area contributed by atoms with Crippen LogP contribution in [0.5, 0.6) is 0 Å². The zero-order valence-electron chi connectivity index (χ0n) is 33.0. The molecule has 0 spiro atoms. The fourth-order valence-corrected chi connectivity index (χ4v) is 8.48. The third-order valence-corrected chi connectivity index (χ3v) is 12.2. The molecule has 2 aliphatic heterocycles. The van der Waals surface area contributed by atoms with Crippen LogP contribution in [-0.4, -0.2) is 65.9 Å². The predicted molar refractivity (Wildman–Crippen MR) is 231 cm³/mol. The van der Waals surface area contributed by atoms with Gasteiger partial charge in [-0.3, -0.25) is 27.8 Å². The highest BCUT2D eigenvalue weighted by Crippen LogP contribution is 2.31. The Balaban J connectivity index is 0.000000169. The molecule has 15 nitrogen and oxygen atoms in total. The number of hydrogen-bond donors (Lipinski definition) is 2. The van der Waals surface area contributed by atoms with Gasteiger partial charge in [-0.25, -0.2) is 0 Å². The molecule has 6 aromatic rings. The predicted octanol–water partition coefficient (Wildman–Crippen LogP) is 6.69. The number of aryl methyl sites for hydroxylation is 2.